The zero-order chi connectivity index (χ0) is 10.9. The summed E-state index contributed by atoms with van der Waals surface area (Å²) in [7, 11) is 0. The molecule has 78 valence electrons. The number of ketones is 1. The third kappa shape index (κ3) is 2.34. The molecular formula is C10H15NO3. The van der Waals surface area contributed by atoms with Crippen molar-refractivity contribution in [3.8, 4) is 0 Å². The number of aliphatic hydroxyl groups is 1. The Hall–Kier alpha value is -1.32. The van der Waals surface area contributed by atoms with Crippen LogP contribution in [-0.4, -0.2) is 16.8 Å². The van der Waals surface area contributed by atoms with Gasteiger partial charge in [0.05, 0.1) is 0 Å². The second kappa shape index (κ2) is 3.44. The summed E-state index contributed by atoms with van der Waals surface area (Å²) in [6, 6.07) is 0. The Bertz CT molecular complexity index is 315. The summed E-state index contributed by atoms with van der Waals surface area (Å²) in [5, 5.41) is 11.9. The molecule has 4 heteroatoms. The van der Waals surface area contributed by atoms with Gasteiger partial charge >= 0.3 is 0 Å². The highest BCUT2D eigenvalue weighted by atomic mass is 16.3. The molecule has 14 heavy (non-hydrogen) atoms. The number of Topliss-reactive ketones (excluding diaryl/α,β-unsaturated/α-hetero) is 1. The van der Waals surface area contributed by atoms with Crippen molar-refractivity contribution in [3.05, 3.63) is 11.5 Å². The second-order valence-electron chi connectivity index (χ2n) is 4.44. The van der Waals surface area contributed by atoms with E-state index in [4.69, 9.17) is 0 Å². The van der Waals surface area contributed by atoms with Gasteiger partial charge in [0.15, 0.2) is 5.78 Å². The van der Waals surface area contributed by atoms with Crippen molar-refractivity contribution in [2.45, 2.75) is 33.6 Å². The van der Waals surface area contributed by atoms with E-state index >= 15 is 0 Å². The van der Waals surface area contributed by atoms with Crippen molar-refractivity contribution in [2.24, 2.45) is 5.41 Å². The molecule has 1 amide bonds. The van der Waals surface area contributed by atoms with E-state index in [1.807, 2.05) is 13.8 Å². The predicted molar refractivity (Wildman–Crippen MR) is 51.5 cm³/mol. The molecule has 0 saturated carbocycles. The van der Waals surface area contributed by atoms with Crippen LogP contribution in [0.5, 0.6) is 0 Å². The average molecular weight is 197 g/mol. The monoisotopic (exact) mass is 197 g/mol. The largest absolute Gasteiger partial charge is 0.510 e. The molecule has 1 rings (SSSR count). The van der Waals surface area contributed by atoms with E-state index in [9.17, 15) is 14.7 Å². The summed E-state index contributed by atoms with van der Waals surface area (Å²) in [6.45, 7) is 5.13. The summed E-state index contributed by atoms with van der Waals surface area (Å²) < 4.78 is 0. The summed E-state index contributed by atoms with van der Waals surface area (Å²) in [4.78, 5) is 22.3. The molecule has 0 spiro atoms. The van der Waals surface area contributed by atoms with Crippen LogP contribution in [0.4, 0.5) is 0 Å². The van der Waals surface area contributed by atoms with Gasteiger partial charge in [-0.25, -0.2) is 0 Å². The Morgan fingerprint density at radius 3 is 2.43 bits per heavy atom. The molecular weight excluding hydrogens is 182 g/mol. The number of carbonyl (C=O) groups excluding carboxylic acids is 2. The fraction of sp³-hybridized carbons (Fsp3) is 0.600. The lowest BCUT2D eigenvalue weighted by molar-refractivity contribution is -0.123. The van der Waals surface area contributed by atoms with Crippen LogP contribution in [0.15, 0.2) is 11.5 Å². The maximum absolute atomic E-state index is 11.5. The summed E-state index contributed by atoms with van der Waals surface area (Å²) >= 11 is 0. The van der Waals surface area contributed by atoms with Crippen LogP contribution in [0.1, 0.15) is 33.6 Å². The van der Waals surface area contributed by atoms with E-state index in [2.05, 4.69) is 5.32 Å². The van der Waals surface area contributed by atoms with Crippen LogP contribution in [0.2, 0.25) is 0 Å². The molecule has 1 aliphatic carbocycles. The Morgan fingerprint density at radius 2 is 2.00 bits per heavy atom. The standard InChI is InChI=1S/C10H15NO3/c1-6(12)11-9-7(13)4-10(2,3)5-8(9)14/h13H,4-5H2,1-3H3,(H,11,12). The van der Waals surface area contributed by atoms with E-state index in [1.165, 1.54) is 6.92 Å². The van der Waals surface area contributed by atoms with Crippen molar-refractivity contribution in [2.75, 3.05) is 0 Å². The Labute approximate surface area is 83.0 Å². The highest BCUT2D eigenvalue weighted by Gasteiger charge is 2.33. The van der Waals surface area contributed by atoms with Crippen LogP contribution < -0.4 is 5.32 Å². The van der Waals surface area contributed by atoms with E-state index in [1.54, 1.807) is 0 Å². The first kappa shape index (κ1) is 10.8. The fourth-order valence-electron chi connectivity index (χ4n) is 1.61. The molecule has 0 aliphatic heterocycles. The van der Waals surface area contributed by atoms with Crippen LogP contribution in [-0.2, 0) is 9.59 Å². The zero-order valence-electron chi connectivity index (χ0n) is 8.68. The highest BCUT2D eigenvalue weighted by molar-refractivity contribution is 6.00. The average Bonchev–Trinajstić information content (AvgIpc) is 1.94. The van der Waals surface area contributed by atoms with Gasteiger partial charge < -0.3 is 10.4 Å². The lowest BCUT2D eigenvalue weighted by atomic mass is 9.78. The second-order valence-corrected chi connectivity index (χ2v) is 4.44. The van der Waals surface area contributed by atoms with E-state index in [0.29, 0.717) is 12.8 Å². The minimum absolute atomic E-state index is 0.0125. The lowest BCUT2D eigenvalue weighted by Crippen LogP contribution is -2.34. The number of allylic oxidation sites excluding steroid dienone is 2. The first-order valence-corrected chi connectivity index (χ1v) is 4.55. The van der Waals surface area contributed by atoms with Crippen LogP contribution in [0, 0.1) is 5.41 Å². The number of aliphatic hydroxyl groups excluding tert-OH is 1. The van der Waals surface area contributed by atoms with Gasteiger partial charge in [0.1, 0.15) is 11.5 Å². The van der Waals surface area contributed by atoms with E-state index < -0.39 is 0 Å². The molecule has 0 heterocycles. The Kier molecular flexibility index (Phi) is 2.64. The Balaban J connectivity index is 2.93. The van der Waals surface area contributed by atoms with Gasteiger partial charge in [-0.2, -0.15) is 0 Å². The molecule has 0 unspecified atom stereocenters. The third-order valence-electron chi connectivity index (χ3n) is 2.15. The van der Waals surface area contributed by atoms with Crippen LogP contribution in [0.25, 0.3) is 0 Å². The van der Waals surface area contributed by atoms with Crippen LogP contribution >= 0.6 is 0 Å². The van der Waals surface area contributed by atoms with Gasteiger partial charge in [-0.05, 0) is 5.41 Å². The van der Waals surface area contributed by atoms with E-state index in [0.717, 1.165) is 0 Å². The predicted octanol–water partition coefficient (Wildman–Crippen LogP) is 1.28. The van der Waals surface area contributed by atoms with Crippen molar-refractivity contribution >= 4 is 11.7 Å². The summed E-state index contributed by atoms with van der Waals surface area (Å²) in [5.74, 6) is -0.546. The number of carbonyl (C=O) groups is 2. The quantitative estimate of drug-likeness (QED) is 0.665. The molecule has 0 atom stereocenters. The van der Waals surface area contributed by atoms with E-state index in [-0.39, 0.29) is 28.6 Å². The number of amides is 1. The topological polar surface area (TPSA) is 66.4 Å². The first-order chi connectivity index (χ1) is 6.32. The molecule has 0 aromatic carbocycles. The molecule has 0 bridgehead atoms. The molecule has 4 nitrogen and oxygen atoms in total. The third-order valence-corrected chi connectivity index (χ3v) is 2.15. The molecule has 0 aromatic heterocycles. The van der Waals surface area contributed by atoms with Crippen molar-refractivity contribution in [1.29, 1.82) is 0 Å². The summed E-state index contributed by atoms with van der Waals surface area (Å²) in [6.07, 6.45) is 0.779. The van der Waals surface area contributed by atoms with Crippen LogP contribution in [0.3, 0.4) is 0 Å². The number of rotatable bonds is 1. The lowest BCUT2D eigenvalue weighted by Gasteiger charge is -2.29. The van der Waals surface area contributed by atoms with Crippen molar-refractivity contribution in [3.63, 3.8) is 0 Å². The van der Waals surface area contributed by atoms with Gasteiger partial charge in [-0.3, -0.25) is 9.59 Å². The van der Waals surface area contributed by atoms with Crippen molar-refractivity contribution < 1.29 is 14.7 Å². The number of hydrogen-bond donors (Lipinski definition) is 2. The minimum atomic E-state index is -0.334. The number of nitrogens with one attached hydrogen (secondary N) is 1. The van der Waals surface area contributed by atoms with Gasteiger partial charge in [0.25, 0.3) is 0 Å². The molecule has 1 aliphatic rings. The molecule has 0 radical (unpaired) electrons. The number of hydrogen-bond acceptors (Lipinski definition) is 3. The normalized spacial score (nSPS) is 20.9. The maximum Gasteiger partial charge on any atom is 0.221 e. The smallest absolute Gasteiger partial charge is 0.221 e. The molecule has 0 saturated heterocycles. The molecule has 0 fully saturated rings. The fourth-order valence-corrected chi connectivity index (χ4v) is 1.61. The Morgan fingerprint density at radius 1 is 1.43 bits per heavy atom. The first-order valence-electron chi connectivity index (χ1n) is 4.55. The van der Waals surface area contributed by atoms with Gasteiger partial charge in [-0.1, -0.05) is 13.8 Å². The minimum Gasteiger partial charge on any atom is -0.510 e. The maximum atomic E-state index is 11.5. The van der Waals surface area contributed by atoms with Gasteiger partial charge in [0.2, 0.25) is 5.91 Å². The highest BCUT2D eigenvalue weighted by Crippen LogP contribution is 2.34. The van der Waals surface area contributed by atoms with Gasteiger partial charge in [-0.15, -0.1) is 0 Å². The zero-order valence-corrected chi connectivity index (χ0v) is 8.68. The van der Waals surface area contributed by atoms with Crippen molar-refractivity contribution in [1.82, 2.24) is 5.32 Å². The molecule has 2 N–H and O–H groups in total. The van der Waals surface area contributed by atoms with Gasteiger partial charge in [0, 0.05) is 19.8 Å². The summed E-state index contributed by atoms with van der Waals surface area (Å²) in [5.41, 5.74) is -0.153. The SMILES string of the molecule is CC(=O)NC1=C(O)CC(C)(C)CC1=O. The molecule has 0 aromatic rings.